The zero-order valence-corrected chi connectivity index (χ0v) is 33.0. The van der Waals surface area contributed by atoms with Gasteiger partial charge in [0, 0.05) is 0 Å². The minimum absolute atomic E-state index is 0.101. The van der Waals surface area contributed by atoms with Crippen LogP contribution in [0.1, 0.15) is 116 Å². The fraction of sp³-hybridized carbons (Fsp3) is 0.400. The molecular formula is C45H54Zr. The summed E-state index contributed by atoms with van der Waals surface area (Å²) in [7, 11) is 0. The van der Waals surface area contributed by atoms with Gasteiger partial charge in [-0.1, -0.05) is 0 Å². The van der Waals surface area contributed by atoms with Crippen LogP contribution in [-0.4, -0.2) is 4.21 Å². The van der Waals surface area contributed by atoms with Crippen molar-refractivity contribution in [3.8, 4) is 11.1 Å². The molecule has 0 saturated heterocycles. The second-order valence-corrected chi connectivity index (χ2v) is 31.5. The second kappa shape index (κ2) is 9.72. The number of rotatable bonds is 4. The monoisotopic (exact) mass is 684 g/mol. The molecule has 0 aromatic heterocycles. The van der Waals surface area contributed by atoms with Crippen LogP contribution < -0.4 is 3.27 Å². The maximum absolute atomic E-state index is 5.73. The van der Waals surface area contributed by atoms with Crippen molar-refractivity contribution in [1.29, 1.82) is 0 Å². The molecule has 3 aromatic carbocycles. The number of fused-ring (bicyclic) bond motifs is 5. The van der Waals surface area contributed by atoms with Crippen LogP contribution in [0.15, 0.2) is 84.5 Å². The molecule has 0 spiro atoms. The standard InChI is InChI=1S/C25H25.C11H17.C6H5.C2H5.CH2.Zr/c1-14-12-24(3,4)22-8-16-7-17-9-23-19(15(2)13-25(23,5)6)11-21(17)20(16)10-18(14)22;1-8-6-9(2)10(7-8)11(3,4)5;1-2-4-6-5-3-1;1-2;;/h8-12H,7H2,1-6H3;7-8H,1-5H3;1-5H;1H2,2H3;1H2;. The molecule has 3 aromatic rings. The predicted octanol–water partition coefficient (Wildman–Crippen LogP) is 11.8. The van der Waals surface area contributed by atoms with E-state index in [-0.39, 0.29) is 16.2 Å². The van der Waals surface area contributed by atoms with Gasteiger partial charge in [0.05, 0.1) is 0 Å². The maximum atomic E-state index is 5.73. The van der Waals surface area contributed by atoms with Crippen molar-refractivity contribution in [2.24, 2.45) is 11.3 Å². The topological polar surface area (TPSA) is 0 Å². The molecule has 1 heteroatoms. The Morgan fingerprint density at radius 1 is 0.804 bits per heavy atom. The first kappa shape index (κ1) is 31.9. The van der Waals surface area contributed by atoms with Crippen molar-refractivity contribution in [2.75, 3.05) is 0 Å². The molecule has 0 N–H and O–H groups in total. The van der Waals surface area contributed by atoms with E-state index in [4.69, 9.17) is 4.21 Å². The molecule has 0 amide bonds. The van der Waals surface area contributed by atoms with Crippen LogP contribution >= 0.6 is 0 Å². The van der Waals surface area contributed by atoms with Crippen LogP contribution in [0.3, 0.4) is 0 Å². The summed E-state index contributed by atoms with van der Waals surface area (Å²) in [6, 6.07) is 21.8. The van der Waals surface area contributed by atoms with Crippen LogP contribution in [0.5, 0.6) is 0 Å². The summed E-state index contributed by atoms with van der Waals surface area (Å²) in [4.78, 5) is 0. The summed E-state index contributed by atoms with van der Waals surface area (Å²) in [5.74, 6) is 0.386. The van der Waals surface area contributed by atoms with Gasteiger partial charge in [-0.15, -0.1) is 0 Å². The van der Waals surface area contributed by atoms with Crippen LogP contribution in [0.2, 0.25) is 4.13 Å². The van der Waals surface area contributed by atoms with E-state index in [0.717, 1.165) is 10.5 Å². The average molecular weight is 686 g/mol. The van der Waals surface area contributed by atoms with Gasteiger partial charge in [-0.3, -0.25) is 0 Å². The molecule has 0 nitrogen and oxygen atoms in total. The van der Waals surface area contributed by atoms with Crippen molar-refractivity contribution in [3.63, 3.8) is 0 Å². The van der Waals surface area contributed by atoms with E-state index >= 15 is 0 Å². The Bertz CT molecular complexity index is 2060. The van der Waals surface area contributed by atoms with E-state index in [2.05, 4.69) is 150 Å². The normalized spacial score (nSPS) is 21.3. The van der Waals surface area contributed by atoms with Gasteiger partial charge in [0.1, 0.15) is 0 Å². The average Bonchev–Trinajstić information content (AvgIpc) is 3.63. The molecule has 0 radical (unpaired) electrons. The Labute approximate surface area is 280 Å². The molecule has 0 aliphatic heterocycles. The van der Waals surface area contributed by atoms with Crippen LogP contribution in [0, 0.1) is 11.3 Å². The summed E-state index contributed by atoms with van der Waals surface area (Å²) in [5.41, 5.74) is 17.8. The molecule has 1 unspecified atom stereocenters. The third-order valence-corrected chi connectivity index (χ3v) is 31.7. The zero-order valence-electron chi connectivity index (χ0n) is 30.5. The second-order valence-electron chi connectivity index (χ2n) is 17.5. The third kappa shape index (κ3) is 3.97. The van der Waals surface area contributed by atoms with Gasteiger partial charge in [-0.2, -0.15) is 0 Å². The zero-order chi connectivity index (χ0) is 33.4. The van der Waals surface area contributed by atoms with Crippen molar-refractivity contribution in [1.82, 2.24) is 0 Å². The first-order chi connectivity index (χ1) is 21.4. The van der Waals surface area contributed by atoms with Gasteiger partial charge >= 0.3 is 282 Å². The van der Waals surface area contributed by atoms with Gasteiger partial charge in [0.2, 0.25) is 0 Å². The predicted molar refractivity (Wildman–Crippen MR) is 200 cm³/mol. The van der Waals surface area contributed by atoms with E-state index in [1.165, 1.54) is 70.1 Å². The molecule has 4 aliphatic rings. The molecule has 0 heterocycles. The summed E-state index contributed by atoms with van der Waals surface area (Å²) in [6.45, 7) is 29.0. The Kier molecular flexibility index (Phi) is 6.75. The molecule has 0 fully saturated rings. The van der Waals surface area contributed by atoms with Crippen molar-refractivity contribution in [3.05, 3.63) is 118 Å². The molecule has 0 bridgehead atoms. The minimum atomic E-state index is -4.46. The van der Waals surface area contributed by atoms with Crippen molar-refractivity contribution in [2.45, 2.75) is 104 Å². The Morgan fingerprint density at radius 3 is 1.96 bits per heavy atom. The summed E-state index contributed by atoms with van der Waals surface area (Å²) >= 11 is -4.46. The first-order valence-corrected chi connectivity index (χ1v) is 24.8. The summed E-state index contributed by atoms with van der Waals surface area (Å²) in [6.07, 6.45) is 6.07. The number of benzene rings is 3. The summed E-state index contributed by atoms with van der Waals surface area (Å²) in [5, 5.41) is 0. The van der Waals surface area contributed by atoms with Crippen molar-refractivity contribution < 1.29 is 18.3 Å². The van der Waals surface area contributed by atoms with Gasteiger partial charge in [0.25, 0.3) is 0 Å². The van der Waals surface area contributed by atoms with Crippen LogP contribution in [0.25, 0.3) is 22.3 Å². The fourth-order valence-electron chi connectivity index (χ4n) is 11.2. The molecule has 238 valence electrons. The molecule has 1 atom stereocenters. The number of allylic oxidation sites excluding steroid dienone is 8. The van der Waals surface area contributed by atoms with Crippen LogP contribution in [0.4, 0.5) is 0 Å². The quantitative estimate of drug-likeness (QED) is 0.201. The Hall–Kier alpha value is -2.63. The van der Waals surface area contributed by atoms with Crippen LogP contribution in [-0.2, 0) is 35.5 Å². The third-order valence-electron chi connectivity index (χ3n) is 12.9. The van der Waals surface area contributed by atoms with E-state index in [9.17, 15) is 0 Å². The number of hydrogen-bond acceptors (Lipinski definition) is 0. The summed E-state index contributed by atoms with van der Waals surface area (Å²) < 4.78 is 11.7. The molecule has 46 heavy (non-hydrogen) atoms. The SMILES string of the molecule is [CH2]=[Zr]([CH2]C)([C]1=C(C)C(C(C)(C)C)=CC1C)([C]1=C(C)c2cc3c(cc2C1(C)C)Cc1cc2c(cc1-3)C(C)=CC2(C)C)[c]1ccccc1. The first-order valence-electron chi connectivity index (χ1n) is 17.7. The van der Waals surface area contributed by atoms with E-state index in [1.54, 1.807) is 6.56 Å². The van der Waals surface area contributed by atoms with Gasteiger partial charge in [0.15, 0.2) is 0 Å². The Morgan fingerprint density at radius 2 is 1.39 bits per heavy atom. The molecule has 4 aliphatic carbocycles. The van der Waals surface area contributed by atoms with Gasteiger partial charge < -0.3 is 0 Å². The Balaban J connectivity index is 1.51. The van der Waals surface area contributed by atoms with Gasteiger partial charge in [-0.25, -0.2) is 0 Å². The molecular weight excluding hydrogens is 632 g/mol. The fourth-order valence-corrected chi connectivity index (χ4v) is 30.7. The van der Waals surface area contributed by atoms with Crippen molar-refractivity contribution >= 4 is 18.6 Å². The molecule has 7 rings (SSSR count). The molecule has 0 saturated carbocycles. The van der Waals surface area contributed by atoms with E-state index in [0.29, 0.717) is 5.92 Å². The number of hydrogen-bond donors (Lipinski definition) is 0. The van der Waals surface area contributed by atoms with E-state index in [1.807, 2.05) is 0 Å². The van der Waals surface area contributed by atoms with E-state index < -0.39 is 18.3 Å². The van der Waals surface area contributed by atoms with Gasteiger partial charge in [-0.05, 0) is 0 Å².